The number of unbranched alkanes of at least 4 members (excludes halogenated alkanes) is 2. The molecule has 112 valence electrons. The molecule has 0 bridgehead atoms. The minimum absolute atomic E-state index is 0.0342. The topological polar surface area (TPSA) is 55.6 Å². The van der Waals surface area contributed by atoms with Gasteiger partial charge in [-0.2, -0.15) is 0 Å². The predicted molar refractivity (Wildman–Crippen MR) is 82.1 cm³/mol. The van der Waals surface area contributed by atoms with Gasteiger partial charge in [0.2, 0.25) is 0 Å². The first-order chi connectivity index (χ1) is 9.54. The van der Waals surface area contributed by atoms with Gasteiger partial charge in [-0.1, -0.05) is 12.5 Å². The van der Waals surface area contributed by atoms with Crippen LogP contribution in [-0.2, 0) is 0 Å². The summed E-state index contributed by atoms with van der Waals surface area (Å²) < 4.78 is 5.61. The molecule has 4 nitrogen and oxygen atoms in total. The average molecular weight is 278 g/mol. The highest BCUT2D eigenvalue weighted by molar-refractivity contribution is 5.94. The molecular weight excluding hydrogens is 252 g/mol. The Morgan fingerprint density at radius 3 is 2.70 bits per heavy atom. The van der Waals surface area contributed by atoms with Crippen LogP contribution in [0.25, 0.3) is 0 Å². The van der Waals surface area contributed by atoms with E-state index in [0.717, 1.165) is 31.6 Å². The Morgan fingerprint density at radius 1 is 1.30 bits per heavy atom. The standard InChI is InChI=1S/C16H26N2O2/c1-13(2)20-15-9-7-8-14(12-15)16(19)18(3)11-6-4-5-10-17/h7-9,12-13H,4-6,10-11,17H2,1-3H3. The zero-order valence-electron chi connectivity index (χ0n) is 12.8. The molecule has 0 radical (unpaired) electrons. The number of hydrogen-bond donors (Lipinski definition) is 1. The molecule has 0 aliphatic rings. The first-order valence-corrected chi connectivity index (χ1v) is 7.27. The second-order valence-electron chi connectivity index (χ2n) is 5.27. The highest BCUT2D eigenvalue weighted by atomic mass is 16.5. The first kappa shape index (κ1) is 16.5. The van der Waals surface area contributed by atoms with Gasteiger partial charge in [-0.3, -0.25) is 4.79 Å². The SMILES string of the molecule is CC(C)Oc1cccc(C(=O)N(C)CCCCCN)c1. The van der Waals surface area contributed by atoms with E-state index in [1.165, 1.54) is 0 Å². The molecule has 20 heavy (non-hydrogen) atoms. The first-order valence-electron chi connectivity index (χ1n) is 7.27. The van der Waals surface area contributed by atoms with Crippen LogP contribution in [0.2, 0.25) is 0 Å². The summed E-state index contributed by atoms with van der Waals surface area (Å²) >= 11 is 0. The largest absolute Gasteiger partial charge is 0.491 e. The van der Waals surface area contributed by atoms with Crippen molar-refractivity contribution in [1.29, 1.82) is 0 Å². The summed E-state index contributed by atoms with van der Waals surface area (Å²) in [5, 5.41) is 0. The molecule has 0 saturated carbocycles. The molecule has 0 aliphatic carbocycles. The van der Waals surface area contributed by atoms with Gasteiger partial charge >= 0.3 is 0 Å². The van der Waals surface area contributed by atoms with Crippen LogP contribution < -0.4 is 10.5 Å². The van der Waals surface area contributed by atoms with Gasteiger partial charge in [-0.15, -0.1) is 0 Å². The van der Waals surface area contributed by atoms with Crippen LogP contribution in [0.1, 0.15) is 43.5 Å². The van der Waals surface area contributed by atoms with Crippen LogP contribution in [0, 0.1) is 0 Å². The molecule has 0 aromatic heterocycles. The summed E-state index contributed by atoms with van der Waals surface area (Å²) in [5.74, 6) is 0.773. The highest BCUT2D eigenvalue weighted by Crippen LogP contribution is 2.16. The number of nitrogens with two attached hydrogens (primary N) is 1. The van der Waals surface area contributed by atoms with Crippen molar-refractivity contribution < 1.29 is 9.53 Å². The second kappa shape index (κ2) is 8.59. The average Bonchev–Trinajstić information content (AvgIpc) is 2.42. The van der Waals surface area contributed by atoms with Crippen molar-refractivity contribution in [3.8, 4) is 5.75 Å². The molecule has 0 saturated heterocycles. The lowest BCUT2D eigenvalue weighted by atomic mass is 10.1. The van der Waals surface area contributed by atoms with Gasteiger partial charge in [0.05, 0.1) is 6.10 Å². The fourth-order valence-corrected chi connectivity index (χ4v) is 1.97. The maximum absolute atomic E-state index is 12.3. The Balaban J connectivity index is 2.57. The Kier molecular flexibility index (Phi) is 7.09. The third kappa shape index (κ3) is 5.61. The summed E-state index contributed by atoms with van der Waals surface area (Å²) in [6.07, 6.45) is 3.17. The van der Waals surface area contributed by atoms with Gasteiger partial charge in [-0.05, 0) is 51.4 Å². The third-order valence-electron chi connectivity index (χ3n) is 3.00. The highest BCUT2D eigenvalue weighted by Gasteiger charge is 2.12. The molecule has 0 unspecified atom stereocenters. The van der Waals surface area contributed by atoms with Crippen LogP contribution in [0.3, 0.4) is 0 Å². The predicted octanol–water partition coefficient (Wildman–Crippen LogP) is 2.67. The van der Waals surface area contributed by atoms with E-state index in [1.54, 1.807) is 11.0 Å². The summed E-state index contributed by atoms with van der Waals surface area (Å²) in [5.41, 5.74) is 6.13. The van der Waals surface area contributed by atoms with Crippen LogP contribution in [0.5, 0.6) is 5.75 Å². The summed E-state index contributed by atoms with van der Waals surface area (Å²) in [6, 6.07) is 7.36. The van der Waals surface area contributed by atoms with E-state index in [1.807, 2.05) is 39.1 Å². The zero-order chi connectivity index (χ0) is 15.0. The molecule has 1 rings (SSSR count). The molecule has 1 aromatic carbocycles. The number of nitrogens with zero attached hydrogens (tertiary/aromatic N) is 1. The van der Waals surface area contributed by atoms with Crippen molar-refractivity contribution in [2.24, 2.45) is 5.73 Å². The molecule has 0 heterocycles. The van der Waals surface area contributed by atoms with E-state index in [9.17, 15) is 4.79 Å². The minimum Gasteiger partial charge on any atom is -0.491 e. The van der Waals surface area contributed by atoms with Crippen molar-refractivity contribution in [2.75, 3.05) is 20.1 Å². The second-order valence-corrected chi connectivity index (χ2v) is 5.27. The lowest BCUT2D eigenvalue weighted by Crippen LogP contribution is -2.27. The molecule has 4 heteroatoms. The minimum atomic E-state index is 0.0342. The van der Waals surface area contributed by atoms with E-state index in [2.05, 4.69) is 0 Å². The number of amides is 1. The fraction of sp³-hybridized carbons (Fsp3) is 0.562. The molecule has 1 aromatic rings. The number of carbonyl (C=O) groups excluding carboxylic acids is 1. The van der Waals surface area contributed by atoms with Gasteiger partial charge in [0.1, 0.15) is 5.75 Å². The van der Waals surface area contributed by atoms with E-state index >= 15 is 0 Å². The van der Waals surface area contributed by atoms with Gasteiger partial charge in [0, 0.05) is 19.2 Å². The maximum atomic E-state index is 12.3. The van der Waals surface area contributed by atoms with Crippen molar-refractivity contribution in [3.05, 3.63) is 29.8 Å². The quantitative estimate of drug-likeness (QED) is 0.744. The number of hydrogen-bond acceptors (Lipinski definition) is 3. The molecular formula is C16H26N2O2. The number of benzene rings is 1. The van der Waals surface area contributed by atoms with Crippen LogP contribution in [-0.4, -0.2) is 37.0 Å². The van der Waals surface area contributed by atoms with Crippen LogP contribution >= 0.6 is 0 Å². The number of rotatable bonds is 8. The van der Waals surface area contributed by atoms with Crippen LogP contribution in [0.15, 0.2) is 24.3 Å². The summed E-state index contributed by atoms with van der Waals surface area (Å²) in [7, 11) is 1.83. The van der Waals surface area contributed by atoms with Crippen molar-refractivity contribution in [2.45, 2.75) is 39.2 Å². The van der Waals surface area contributed by atoms with Crippen LogP contribution in [0.4, 0.5) is 0 Å². The van der Waals surface area contributed by atoms with Crippen molar-refractivity contribution >= 4 is 5.91 Å². The van der Waals surface area contributed by atoms with Gasteiger partial charge in [-0.25, -0.2) is 0 Å². The Hall–Kier alpha value is -1.55. The number of carbonyl (C=O) groups is 1. The van der Waals surface area contributed by atoms with Gasteiger partial charge in [0.15, 0.2) is 0 Å². The molecule has 1 amide bonds. The monoisotopic (exact) mass is 278 g/mol. The van der Waals surface area contributed by atoms with E-state index in [4.69, 9.17) is 10.5 Å². The van der Waals surface area contributed by atoms with E-state index < -0.39 is 0 Å². The lowest BCUT2D eigenvalue weighted by Gasteiger charge is -2.18. The molecule has 0 aliphatic heterocycles. The normalized spacial score (nSPS) is 10.7. The Morgan fingerprint density at radius 2 is 2.05 bits per heavy atom. The summed E-state index contributed by atoms with van der Waals surface area (Å²) in [4.78, 5) is 14.0. The number of ether oxygens (including phenoxy) is 1. The van der Waals surface area contributed by atoms with E-state index in [-0.39, 0.29) is 12.0 Å². The summed E-state index contributed by atoms with van der Waals surface area (Å²) in [6.45, 7) is 5.41. The molecule has 0 spiro atoms. The Bertz CT molecular complexity index is 419. The third-order valence-corrected chi connectivity index (χ3v) is 3.00. The Labute approximate surface area is 121 Å². The molecule has 2 N–H and O–H groups in total. The zero-order valence-corrected chi connectivity index (χ0v) is 12.8. The molecule has 0 fully saturated rings. The van der Waals surface area contributed by atoms with Crippen molar-refractivity contribution in [3.63, 3.8) is 0 Å². The molecule has 0 atom stereocenters. The smallest absolute Gasteiger partial charge is 0.253 e. The van der Waals surface area contributed by atoms with Gasteiger partial charge < -0.3 is 15.4 Å². The van der Waals surface area contributed by atoms with Gasteiger partial charge in [0.25, 0.3) is 5.91 Å². The van der Waals surface area contributed by atoms with Crippen molar-refractivity contribution in [1.82, 2.24) is 4.90 Å². The van der Waals surface area contributed by atoms with E-state index in [0.29, 0.717) is 12.1 Å². The lowest BCUT2D eigenvalue weighted by molar-refractivity contribution is 0.0792. The fourth-order valence-electron chi connectivity index (χ4n) is 1.97. The maximum Gasteiger partial charge on any atom is 0.253 e.